The molecule has 0 unspecified atom stereocenters. The van der Waals surface area contributed by atoms with E-state index in [1.165, 1.54) is 0 Å². The summed E-state index contributed by atoms with van der Waals surface area (Å²) in [6.45, 7) is -1.46. The van der Waals surface area contributed by atoms with Gasteiger partial charge in [0.05, 0.1) is 0 Å². The molecule has 6 heteroatoms. The zero-order valence-electron chi connectivity index (χ0n) is 3.60. The summed E-state index contributed by atoms with van der Waals surface area (Å²) in [4.78, 5) is 0. The van der Waals surface area contributed by atoms with Gasteiger partial charge in [-0.2, -0.15) is 13.2 Å². The quantitative estimate of drug-likeness (QED) is 0.574. The predicted octanol–water partition coefficient (Wildman–Crippen LogP) is 0.426. The molecule has 0 heterocycles. The van der Waals surface area contributed by atoms with Crippen LogP contribution in [0.1, 0.15) is 0 Å². The molecule has 0 aliphatic heterocycles. The van der Waals surface area contributed by atoms with Crippen LogP contribution in [0.4, 0.5) is 13.2 Å². The summed E-state index contributed by atoms with van der Waals surface area (Å²) < 4.78 is 45.6. The summed E-state index contributed by atoms with van der Waals surface area (Å²) in [5.74, 6) is 0. The lowest BCUT2D eigenvalue weighted by Crippen LogP contribution is -2.15. The summed E-state index contributed by atoms with van der Waals surface area (Å²) in [7, 11) is 0. The second kappa shape index (κ2) is 3.03. The van der Waals surface area contributed by atoms with Crippen molar-refractivity contribution in [1.29, 1.82) is 0 Å². The molecular weight excluding hydrogens is 145 g/mol. The van der Waals surface area contributed by atoms with Gasteiger partial charge in [0.25, 0.3) is 0 Å². The van der Waals surface area contributed by atoms with Crippen LogP contribution >= 0.6 is 0 Å². The molecule has 2 nitrogen and oxygen atoms in total. The summed E-state index contributed by atoms with van der Waals surface area (Å²) in [5.41, 5.74) is 0. The number of alkyl halides is 3. The third-order valence-electron chi connectivity index (χ3n) is 0.281. The molecule has 0 fully saturated rings. The molecule has 0 N–H and O–H groups in total. The van der Waals surface area contributed by atoms with E-state index in [9.17, 15) is 17.4 Å². The van der Waals surface area contributed by atoms with Gasteiger partial charge >= 0.3 is 6.18 Å². The molecule has 0 aliphatic carbocycles. The Bertz CT molecular complexity index is 79.8. The number of rotatable bonds is 2. The maximum Gasteiger partial charge on any atom is 0.413 e. The molecule has 0 aromatic carbocycles. The summed E-state index contributed by atoms with van der Waals surface area (Å²) >= 11 is -0.940. The topological polar surface area (TPSA) is 26.3 Å². The number of hydrogen-bond donors (Lipinski definition) is 1. The van der Waals surface area contributed by atoms with E-state index in [2.05, 4.69) is 4.18 Å². The molecule has 0 aromatic rings. The molecule has 0 aliphatic rings. The first-order valence-electron chi connectivity index (χ1n) is 1.57. The van der Waals surface area contributed by atoms with Crippen LogP contribution in [-0.2, 0) is 16.1 Å². The number of halogens is 3. The molecule has 0 radical (unpaired) electrons. The fourth-order valence-electron chi connectivity index (χ4n) is 0.0995. The van der Waals surface area contributed by atoms with E-state index in [0.717, 1.165) is 0 Å². The third kappa shape index (κ3) is 5.90. The van der Waals surface area contributed by atoms with Gasteiger partial charge in [-0.05, 0) is 0 Å². The fourth-order valence-corrected chi connectivity index (χ4v) is 0.299. The monoisotopic (exact) mass is 148 g/mol. The number of hydrogen-bond acceptors (Lipinski definition) is 2. The van der Waals surface area contributed by atoms with Crippen molar-refractivity contribution in [3.8, 4) is 0 Å². The van der Waals surface area contributed by atoms with Crippen molar-refractivity contribution in [2.24, 2.45) is 0 Å². The van der Waals surface area contributed by atoms with Crippen LogP contribution < -0.4 is 0 Å². The van der Waals surface area contributed by atoms with Gasteiger partial charge in [0.1, 0.15) is 11.9 Å². The first-order chi connectivity index (χ1) is 3.56. The van der Waals surface area contributed by atoms with Gasteiger partial charge in [0.2, 0.25) is 0 Å². The van der Waals surface area contributed by atoms with Crippen molar-refractivity contribution in [2.45, 2.75) is 6.18 Å². The highest BCUT2D eigenvalue weighted by Crippen LogP contribution is 2.13. The Morgan fingerprint density at radius 2 is 2.00 bits per heavy atom. The zero-order chi connectivity index (χ0) is 6.62. The lowest BCUT2D eigenvalue weighted by molar-refractivity contribution is -0.151. The lowest BCUT2D eigenvalue weighted by atomic mass is 10.7. The van der Waals surface area contributed by atoms with Gasteiger partial charge < -0.3 is 0 Å². The van der Waals surface area contributed by atoms with Gasteiger partial charge in [-0.25, -0.2) is 4.21 Å². The normalized spacial score (nSPS) is 11.9. The standard InChI is InChI=1S/C2H3F3O2S/c3-2(4,5)1-7-8-6/h8H,1H2. The Kier molecular flexibility index (Phi) is 2.99. The Hall–Kier alpha value is -0.100. The van der Waals surface area contributed by atoms with E-state index < -0.39 is 24.7 Å². The molecule has 0 aromatic heterocycles. The molecule has 0 saturated carbocycles. The van der Waals surface area contributed by atoms with Crippen LogP contribution in [0.15, 0.2) is 0 Å². The first-order valence-corrected chi connectivity index (χ1v) is 2.30. The molecule has 0 saturated heterocycles. The molecule has 0 bridgehead atoms. The van der Waals surface area contributed by atoms with E-state index in [1.807, 2.05) is 0 Å². The number of thiol groups is 1. The Morgan fingerprint density at radius 3 is 2.12 bits per heavy atom. The van der Waals surface area contributed by atoms with E-state index in [1.54, 1.807) is 0 Å². The predicted molar refractivity (Wildman–Crippen MR) is 21.5 cm³/mol. The van der Waals surface area contributed by atoms with Crippen LogP contribution in [0, 0.1) is 0 Å². The Morgan fingerprint density at radius 1 is 1.50 bits per heavy atom. The zero-order valence-corrected chi connectivity index (χ0v) is 4.50. The highest BCUT2D eigenvalue weighted by molar-refractivity contribution is 7.60. The molecule has 0 amide bonds. The van der Waals surface area contributed by atoms with Crippen molar-refractivity contribution in [3.05, 3.63) is 0 Å². The van der Waals surface area contributed by atoms with Gasteiger partial charge in [0.15, 0.2) is 6.61 Å². The van der Waals surface area contributed by atoms with E-state index >= 15 is 0 Å². The minimum atomic E-state index is -4.38. The molecule has 0 spiro atoms. The van der Waals surface area contributed by atoms with Gasteiger partial charge in [-0.15, -0.1) is 0 Å². The Balaban J connectivity index is 3.24. The smallest absolute Gasteiger partial charge is 0.283 e. The maximum absolute atomic E-state index is 11.0. The van der Waals surface area contributed by atoms with Crippen LogP contribution in [0.3, 0.4) is 0 Å². The minimum Gasteiger partial charge on any atom is -0.283 e. The minimum absolute atomic E-state index is 0.940. The van der Waals surface area contributed by atoms with E-state index in [-0.39, 0.29) is 0 Å². The largest absolute Gasteiger partial charge is 0.413 e. The molecular formula is C2H3F3O2S. The molecule has 50 valence electrons. The average Bonchev–Trinajstić information content (AvgIpc) is 1.59. The molecule has 0 atom stereocenters. The van der Waals surface area contributed by atoms with Gasteiger partial charge in [0, 0.05) is 0 Å². The van der Waals surface area contributed by atoms with Crippen LogP contribution in [0.2, 0.25) is 0 Å². The van der Waals surface area contributed by atoms with Crippen molar-refractivity contribution < 1.29 is 21.6 Å². The maximum atomic E-state index is 11.0. The fraction of sp³-hybridized carbons (Fsp3) is 1.00. The van der Waals surface area contributed by atoms with Crippen molar-refractivity contribution in [1.82, 2.24) is 0 Å². The van der Waals surface area contributed by atoms with Crippen molar-refractivity contribution in [3.63, 3.8) is 0 Å². The first kappa shape index (κ1) is 7.90. The average molecular weight is 148 g/mol. The van der Waals surface area contributed by atoms with Crippen LogP contribution in [0.5, 0.6) is 0 Å². The highest BCUT2D eigenvalue weighted by Gasteiger charge is 2.27. The second-order valence-electron chi connectivity index (χ2n) is 0.963. The molecule has 0 rings (SSSR count). The lowest BCUT2D eigenvalue weighted by Gasteiger charge is -1.99. The third-order valence-corrected chi connectivity index (χ3v) is 0.515. The highest BCUT2D eigenvalue weighted by atomic mass is 32.2. The molecule has 8 heavy (non-hydrogen) atoms. The van der Waals surface area contributed by atoms with Gasteiger partial charge in [-0.3, -0.25) is 4.18 Å². The van der Waals surface area contributed by atoms with Gasteiger partial charge in [-0.1, -0.05) is 0 Å². The van der Waals surface area contributed by atoms with Crippen molar-refractivity contribution in [2.75, 3.05) is 6.61 Å². The van der Waals surface area contributed by atoms with E-state index in [0.29, 0.717) is 0 Å². The summed E-state index contributed by atoms with van der Waals surface area (Å²) in [6, 6.07) is 0. The summed E-state index contributed by atoms with van der Waals surface area (Å²) in [6.07, 6.45) is -4.38. The second-order valence-corrected chi connectivity index (χ2v) is 1.37. The Labute approximate surface area is 47.3 Å². The van der Waals surface area contributed by atoms with E-state index in [4.69, 9.17) is 0 Å². The summed E-state index contributed by atoms with van der Waals surface area (Å²) in [5, 5.41) is 0. The van der Waals surface area contributed by atoms with Crippen molar-refractivity contribution >= 4 is 11.9 Å². The SMILES string of the molecule is O=[SH]OCC(F)(F)F. The van der Waals surface area contributed by atoms with Crippen LogP contribution in [-0.4, -0.2) is 17.0 Å². The van der Waals surface area contributed by atoms with Crippen LogP contribution in [0.25, 0.3) is 0 Å².